The topological polar surface area (TPSA) is 55.9 Å². The minimum Gasteiger partial charge on any atom is -0.273 e. The molecule has 2 rings (SSSR count). The fourth-order valence-electron chi connectivity index (χ4n) is 1.83. The molecule has 1 unspecified atom stereocenters. The number of nitrogens with one attached hydrogen (secondary N) is 1. The summed E-state index contributed by atoms with van der Waals surface area (Å²) in [5.41, 5.74) is 4.63. The lowest BCUT2D eigenvalue weighted by Crippen LogP contribution is -2.28. The van der Waals surface area contributed by atoms with E-state index in [0.717, 1.165) is 17.7 Å². The molecule has 0 saturated heterocycles. The van der Waals surface area contributed by atoms with Gasteiger partial charge in [0.2, 0.25) is 0 Å². The third kappa shape index (κ3) is 2.84. The van der Waals surface area contributed by atoms with Gasteiger partial charge in [0.25, 0.3) is 0 Å². The lowest BCUT2D eigenvalue weighted by atomic mass is 10.0. The Morgan fingerprint density at radius 2 is 1.94 bits per heavy atom. The number of hydrogen-bond donors (Lipinski definition) is 2. The molecule has 2 aromatic rings. The highest BCUT2D eigenvalue weighted by molar-refractivity contribution is 6.34. The molecule has 1 aromatic carbocycles. The molecule has 0 aliphatic carbocycles. The molecule has 0 fully saturated rings. The zero-order chi connectivity index (χ0) is 13.1. The first kappa shape index (κ1) is 13.4. The Morgan fingerprint density at radius 3 is 2.44 bits per heavy atom. The van der Waals surface area contributed by atoms with Gasteiger partial charge in [-0.05, 0) is 30.7 Å². The minimum absolute atomic E-state index is 0.179. The van der Waals surface area contributed by atoms with E-state index in [4.69, 9.17) is 29.0 Å². The van der Waals surface area contributed by atoms with Crippen molar-refractivity contribution in [3.8, 4) is 0 Å². The van der Waals surface area contributed by atoms with Crippen molar-refractivity contribution in [2.45, 2.75) is 19.5 Å². The largest absolute Gasteiger partial charge is 0.273 e. The predicted molar refractivity (Wildman–Crippen MR) is 73.5 cm³/mol. The van der Waals surface area contributed by atoms with Crippen molar-refractivity contribution >= 4 is 23.2 Å². The molecular formula is C12H14Cl2N4. The first-order valence-corrected chi connectivity index (χ1v) is 6.34. The van der Waals surface area contributed by atoms with Crippen molar-refractivity contribution in [2.75, 3.05) is 0 Å². The zero-order valence-corrected chi connectivity index (χ0v) is 11.4. The number of hydrogen-bond acceptors (Lipinski definition) is 3. The van der Waals surface area contributed by atoms with Crippen molar-refractivity contribution in [2.24, 2.45) is 5.84 Å². The Hall–Kier alpha value is -1.07. The molecule has 3 N–H and O–H groups in total. The van der Waals surface area contributed by atoms with Gasteiger partial charge in [-0.25, -0.2) is 5.43 Å². The normalized spacial score (nSPS) is 12.7. The summed E-state index contributed by atoms with van der Waals surface area (Å²) in [6, 6.07) is 5.18. The van der Waals surface area contributed by atoms with Crippen molar-refractivity contribution in [1.29, 1.82) is 0 Å². The van der Waals surface area contributed by atoms with Crippen LogP contribution in [0.25, 0.3) is 0 Å². The second kappa shape index (κ2) is 5.71. The number of halogens is 2. The van der Waals surface area contributed by atoms with E-state index in [-0.39, 0.29) is 6.04 Å². The van der Waals surface area contributed by atoms with E-state index in [0.29, 0.717) is 10.0 Å². The Labute approximate surface area is 116 Å². The van der Waals surface area contributed by atoms with Crippen LogP contribution in [0.2, 0.25) is 10.0 Å². The average molecular weight is 285 g/mol. The molecule has 0 amide bonds. The van der Waals surface area contributed by atoms with E-state index < -0.39 is 0 Å². The molecule has 0 aliphatic rings. The van der Waals surface area contributed by atoms with Crippen LogP contribution in [0, 0.1) is 0 Å². The number of benzene rings is 1. The summed E-state index contributed by atoms with van der Waals surface area (Å²) in [4.78, 5) is 0. The first-order valence-electron chi connectivity index (χ1n) is 5.58. The maximum atomic E-state index is 6.00. The van der Waals surface area contributed by atoms with Crippen LogP contribution in [-0.4, -0.2) is 9.78 Å². The summed E-state index contributed by atoms with van der Waals surface area (Å²) < 4.78 is 1.84. The Kier molecular flexibility index (Phi) is 4.24. The third-order valence-corrected chi connectivity index (χ3v) is 3.13. The van der Waals surface area contributed by atoms with Crippen LogP contribution in [0.1, 0.15) is 24.1 Å². The molecule has 1 atom stereocenters. The van der Waals surface area contributed by atoms with Gasteiger partial charge in [-0.3, -0.25) is 10.5 Å². The standard InChI is InChI=1S/C12H14Cl2N4/c1-2-18-7-9(6-16-18)12(17-15)8-3-10(13)5-11(14)4-8/h3-7,12,17H,2,15H2,1H3. The average Bonchev–Trinajstić information content (AvgIpc) is 2.77. The molecule has 1 aromatic heterocycles. The van der Waals surface area contributed by atoms with Gasteiger partial charge in [0.05, 0.1) is 12.2 Å². The maximum Gasteiger partial charge on any atom is 0.0741 e. The number of rotatable bonds is 4. The summed E-state index contributed by atoms with van der Waals surface area (Å²) in [6.07, 6.45) is 3.72. The summed E-state index contributed by atoms with van der Waals surface area (Å²) in [6.45, 7) is 2.84. The monoisotopic (exact) mass is 284 g/mol. The quantitative estimate of drug-likeness (QED) is 0.671. The van der Waals surface area contributed by atoms with E-state index in [2.05, 4.69) is 10.5 Å². The van der Waals surface area contributed by atoms with Gasteiger partial charge in [0, 0.05) is 28.4 Å². The molecule has 0 aliphatic heterocycles. The second-order valence-electron chi connectivity index (χ2n) is 3.93. The van der Waals surface area contributed by atoms with Crippen LogP contribution in [-0.2, 0) is 6.54 Å². The summed E-state index contributed by atoms with van der Waals surface area (Å²) in [7, 11) is 0. The van der Waals surface area contributed by atoms with Gasteiger partial charge in [0.1, 0.15) is 0 Å². The fraction of sp³-hybridized carbons (Fsp3) is 0.250. The smallest absolute Gasteiger partial charge is 0.0741 e. The molecule has 1 heterocycles. The molecule has 0 bridgehead atoms. The maximum absolute atomic E-state index is 6.00. The lowest BCUT2D eigenvalue weighted by molar-refractivity contribution is 0.630. The highest BCUT2D eigenvalue weighted by atomic mass is 35.5. The van der Waals surface area contributed by atoms with Crippen LogP contribution in [0.4, 0.5) is 0 Å². The highest BCUT2D eigenvalue weighted by Gasteiger charge is 2.15. The molecule has 0 spiro atoms. The Morgan fingerprint density at radius 1 is 1.28 bits per heavy atom. The minimum atomic E-state index is -0.179. The summed E-state index contributed by atoms with van der Waals surface area (Å²) in [5.74, 6) is 5.61. The van der Waals surface area contributed by atoms with E-state index in [1.165, 1.54) is 0 Å². The number of nitrogens with zero attached hydrogens (tertiary/aromatic N) is 2. The van der Waals surface area contributed by atoms with Crippen molar-refractivity contribution in [3.05, 3.63) is 51.8 Å². The summed E-state index contributed by atoms with van der Waals surface area (Å²) >= 11 is 12.0. The van der Waals surface area contributed by atoms with Crippen LogP contribution < -0.4 is 11.3 Å². The summed E-state index contributed by atoms with van der Waals surface area (Å²) in [5, 5.41) is 5.40. The van der Waals surface area contributed by atoms with Crippen molar-refractivity contribution in [3.63, 3.8) is 0 Å². The van der Waals surface area contributed by atoms with Crippen molar-refractivity contribution < 1.29 is 0 Å². The van der Waals surface area contributed by atoms with E-state index >= 15 is 0 Å². The van der Waals surface area contributed by atoms with Crippen LogP contribution in [0.5, 0.6) is 0 Å². The van der Waals surface area contributed by atoms with Gasteiger partial charge in [-0.1, -0.05) is 23.2 Å². The van der Waals surface area contributed by atoms with Gasteiger partial charge in [-0.15, -0.1) is 0 Å². The SMILES string of the molecule is CCn1cc(C(NN)c2cc(Cl)cc(Cl)c2)cn1. The highest BCUT2D eigenvalue weighted by Crippen LogP contribution is 2.27. The Balaban J connectivity index is 2.38. The zero-order valence-electron chi connectivity index (χ0n) is 9.90. The van der Waals surface area contributed by atoms with Crippen LogP contribution in [0.15, 0.2) is 30.6 Å². The number of nitrogens with two attached hydrogens (primary N) is 1. The molecular weight excluding hydrogens is 271 g/mol. The van der Waals surface area contributed by atoms with E-state index in [9.17, 15) is 0 Å². The second-order valence-corrected chi connectivity index (χ2v) is 4.80. The van der Waals surface area contributed by atoms with Crippen LogP contribution in [0.3, 0.4) is 0 Å². The van der Waals surface area contributed by atoms with Crippen LogP contribution >= 0.6 is 23.2 Å². The molecule has 4 nitrogen and oxygen atoms in total. The van der Waals surface area contributed by atoms with E-state index in [1.807, 2.05) is 29.9 Å². The first-order chi connectivity index (χ1) is 8.63. The fourth-order valence-corrected chi connectivity index (χ4v) is 2.37. The molecule has 18 heavy (non-hydrogen) atoms. The number of aromatic nitrogens is 2. The molecule has 96 valence electrons. The van der Waals surface area contributed by atoms with Gasteiger partial charge < -0.3 is 0 Å². The third-order valence-electron chi connectivity index (χ3n) is 2.70. The van der Waals surface area contributed by atoms with E-state index in [1.54, 1.807) is 12.3 Å². The molecule has 0 saturated carbocycles. The Bertz CT molecular complexity index is 518. The number of hydrazine groups is 1. The van der Waals surface area contributed by atoms with Crippen molar-refractivity contribution in [1.82, 2.24) is 15.2 Å². The lowest BCUT2D eigenvalue weighted by Gasteiger charge is -2.15. The molecule has 6 heteroatoms. The number of aryl methyl sites for hydroxylation is 1. The molecule has 0 radical (unpaired) electrons. The van der Waals surface area contributed by atoms with Gasteiger partial charge >= 0.3 is 0 Å². The predicted octanol–water partition coefficient (Wildman–Crippen LogP) is 2.76. The van der Waals surface area contributed by atoms with Gasteiger partial charge in [-0.2, -0.15) is 5.10 Å². The van der Waals surface area contributed by atoms with Gasteiger partial charge in [0.15, 0.2) is 0 Å².